The summed E-state index contributed by atoms with van der Waals surface area (Å²) in [6, 6.07) is 14.4. The van der Waals surface area contributed by atoms with E-state index in [1.807, 2.05) is 48.3 Å². The summed E-state index contributed by atoms with van der Waals surface area (Å²) in [6.07, 6.45) is 12.2. The third-order valence-corrected chi connectivity index (χ3v) is 9.47. The van der Waals surface area contributed by atoms with Gasteiger partial charge in [0.15, 0.2) is 0 Å². The molecule has 0 atom stereocenters. The number of guanidine groups is 2. The summed E-state index contributed by atoms with van der Waals surface area (Å²) in [5.41, 5.74) is 9.86. The van der Waals surface area contributed by atoms with E-state index in [1.165, 1.54) is 5.57 Å². The summed E-state index contributed by atoms with van der Waals surface area (Å²) in [5, 5.41) is 9.46. The van der Waals surface area contributed by atoms with Crippen LogP contribution in [0.1, 0.15) is 50.7 Å². The molecular formula is C38H49N9O2. The summed E-state index contributed by atoms with van der Waals surface area (Å²) in [6.45, 7) is 8.41. The van der Waals surface area contributed by atoms with Crippen molar-refractivity contribution in [2.75, 3.05) is 39.6 Å². The Hall–Kier alpha value is -4.58. The molecule has 1 aliphatic carbocycles. The Morgan fingerprint density at radius 3 is 2.73 bits per heavy atom. The summed E-state index contributed by atoms with van der Waals surface area (Å²) in [7, 11) is 5.74. The predicted molar refractivity (Wildman–Crippen MR) is 199 cm³/mol. The van der Waals surface area contributed by atoms with Gasteiger partial charge in [-0.3, -0.25) is 4.79 Å². The number of nitrogens with zero attached hydrogens (tertiary/aromatic N) is 6. The second-order valence-electron chi connectivity index (χ2n) is 13.6. The summed E-state index contributed by atoms with van der Waals surface area (Å²) >= 11 is 0. The first-order chi connectivity index (χ1) is 23.7. The highest BCUT2D eigenvalue weighted by molar-refractivity contribution is 6.02. The van der Waals surface area contributed by atoms with Crippen molar-refractivity contribution >= 4 is 40.6 Å². The minimum atomic E-state index is -0.143. The van der Waals surface area contributed by atoms with E-state index >= 15 is 0 Å². The van der Waals surface area contributed by atoms with Gasteiger partial charge in [-0.2, -0.15) is 4.99 Å². The van der Waals surface area contributed by atoms with Crippen LogP contribution in [-0.2, 0) is 16.1 Å². The van der Waals surface area contributed by atoms with Gasteiger partial charge in [0.1, 0.15) is 5.82 Å². The van der Waals surface area contributed by atoms with E-state index in [2.05, 4.69) is 78.1 Å². The third kappa shape index (κ3) is 8.01. The topological polar surface area (TPSA) is 111 Å². The molecule has 0 radical (unpaired) electrons. The standard InChI is InChI=1S/C38H49N9O2/c1-25(2)31-24-41-47-36(31)43-37(39-22-27-12-15-30(49-6)16-13-27)44-38(47)40-23-32-26(3)9-7-10-34(32)46-20-18-28-21-29(14-17-33(28)46)42-35(48)11-8-19-45(4)5/h7-11,14,17-18,20-22,25,27,30,41H,12-13,15-16,19,23-24H2,1-6H3,(H,42,48)(H,40,43,44)/b11-8+,39-22+. The van der Waals surface area contributed by atoms with Gasteiger partial charge in [0.05, 0.1) is 23.9 Å². The van der Waals surface area contributed by atoms with Crippen molar-refractivity contribution in [3.05, 3.63) is 83.3 Å². The number of rotatable bonds is 10. The normalized spacial score (nSPS) is 20.7. The lowest BCUT2D eigenvalue weighted by Crippen LogP contribution is -2.46. The SMILES string of the molecule is COC1CCC(/C=N/C2=NC(=NCc3c(C)cccc3-n3ccc4cc(NC(=O)/C=C/CN(C)C)ccc43)N3NCC(C(C)C)=C3N2)CC1. The molecule has 3 N–H and O–H groups in total. The zero-order chi connectivity index (χ0) is 34.5. The van der Waals surface area contributed by atoms with Crippen LogP contribution in [0.25, 0.3) is 16.6 Å². The number of fused-ring (bicyclic) bond motifs is 2. The molecule has 2 aliphatic heterocycles. The fourth-order valence-electron chi connectivity index (χ4n) is 6.60. The number of aromatic nitrogens is 1. The Balaban J connectivity index is 1.26. The van der Waals surface area contributed by atoms with Crippen LogP contribution >= 0.6 is 0 Å². The van der Waals surface area contributed by atoms with Crippen LogP contribution in [0.5, 0.6) is 0 Å². The number of likely N-dealkylation sites (N-methyl/N-ethyl adjacent to an activating group) is 1. The van der Waals surface area contributed by atoms with Gasteiger partial charge in [0.2, 0.25) is 17.8 Å². The number of aryl methyl sites for hydroxylation is 1. The van der Waals surface area contributed by atoms with Gasteiger partial charge in [0.25, 0.3) is 0 Å². The molecule has 0 bridgehead atoms. The molecule has 49 heavy (non-hydrogen) atoms. The van der Waals surface area contributed by atoms with Gasteiger partial charge in [-0.15, -0.1) is 0 Å². The van der Waals surface area contributed by atoms with Gasteiger partial charge in [-0.1, -0.05) is 32.1 Å². The zero-order valence-electron chi connectivity index (χ0n) is 29.5. The molecule has 11 nitrogen and oxygen atoms in total. The van der Waals surface area contributed by atoms with Gasteiger partial charge in [-0.25, -0.2) is 20.4 Å². The lowest BCUT2D eigenvalue weighted by Gasteiger charge is -2.28. The average Bonchev–Trinajstić information content (AvgIpc) is 3.71. The number of nitrogens with one attached hydrogen (secondary N) is 3. The molecule has 2 aromatic carbocycles. The number of amides is 1. The van der Waals surface area contributed by atoms with E-state index in [4.69, 9.17) is 19.7 Å². The summed E-state index contributed by atoms with van der Waals surface area (Å²) < 4.78 is 7.75. The van der Waals surface area contributed by atoms with Crippen LogP contribution in [0.2, 0.25) is 0 Å². The van der Waals surface area contributed by atoms with Gasteiger partial charge >= 0.3 is 0 Å². The number of ether oxygens (including phenoxy) is 1. The smallest absolute Gasteiger partial charge is 0.248 e. The summed E-state index contributed by atoms with van der Waals surface area (Å²) in [5.74, 6) is 2.75. The lowest BCUT2D eigenvalue weighted by atomic mass is 9.88. The molecule has 6 rings (SSSR count). The maximum Gasteiger partial charge on any atom is 0.248 e. The third-order valence-electron chi connectivity index (χ3n) is 9.47. The van der Waals surface area contributed by atoms with E-state index in [9.17, 15) is 4.79 Å². The van der Waals surface area contributed by atoms with Crippen molar-refractivity contribution in [1.29, 1.82) is 0 Å². The first-order valence-electron chi connectivity index (χ1n) is 17.3. The number of hydrazine groups is 1. The van der Waals surface area contributed by atoms with Crippen molar-refractivity contribution in [2.24, 2.45) is 26.8 Å². The minimum Gasteiger partial charge on any atom is -0.381 e. The summed E-state index contributed by atoms with van der Waals surface area (Å²) in [4.78, 5) is 29.3. The Bertz CT molecular complexity index is 1820. The van der Waals surface area contributed by atoms with Gasteiger partial charge < -0.3 is 24.8 Å². The molecule has 0 unspecified atom stereocenters. The molecule has 1 aromatic heterocycles. The van der Waals surface area contributed by atoms with Crippen LogP contribution in [0, 0.1) is 18.8 Å². The highest BCUT2D eigenvalue weighted by Crippen LogP contribution is 2.29. The first kappa shape index (κ1) is 34.3. The van der Waals surface area contributed by atoms with Crippen molar-refractivity contribution in [3.63, 3.8) is 0 Å². The number of hydrogen-bond acceptors (Lipinski definition) is 7. The Labute approximate surface area is 289 Å². The highest BCUT2D eigenvalue weighted by atomic mass is 16.5. The molecular weight excluding hydrogens is 614 g/mol. The molecule has 11 heteroatoms. The van der Waals surface area contributed by atoms with Crippen molar-refractivity contribution < 1.29 is 9.53 Å². The van der Waals surface area contributed by atoms with Crippen molar-refractivity contribution in [3.8, 4) is 5.69 Å². The quantitative estimate of drug-likeness (QED) is 0.188. The maximum atomic E-state index is 12.4. The Morgan fingerprint density at radius 1 is 1.16 bits per heavy atom. The van der Waals surface area contributed by atoms with E-state index in [-0.39, 0.29) is 5.91 Å². The molecule has 258 valence electrons. The number of hydrogen-bond donors (Lipinski definition) is 3. The monoisotopic (exact) mass is 663 g/mol. The second-order valence-corrected chi connectivity index (χ2v) is 13.6. The molecule has 3 aromatic rings. The number of methoxy groups -OCH3 is 1. The predicted octanol–water partition coefficient (Wildman–Crippen LogP) is 5.77. The van der Waals surface area contributed by atoms with E-state index in [0.29, 0.717) is 42.9 Å². The van der Waals surface area contributed by atoms with E-state index in [0.717, 1.165) is 71.5 Å². The van der Waals surface area contributed by atoms with Crippen LogP contribution in [0.15, 0.2) is 87.2 Å². The number of carbonyl (C=O) groups excluding carboxylic acids is 1. The number of carbonyl (C=O) groups is 1. The lowest BCUT2D eigenvalue weighted by molar-refractivity contribution is -0.111. The molecule has 0 spiro atoms. The van der Waals surface area contributed by atoms with Gasteiger partial charge in [-0.05, 0) is 100 Å². The molecule has 3 aliphatic rings. The van der Waals surface area contributed by atoms with Crippen LogP contribution in [0.4, 0.5) is 5.69 Å². The van der Waals surface area contributed by atoms with E-state index < -0.39 is 0 Å². The molecule has 1 amide bonds. The maximum absolute atomic E-state index is 12.4. The first-order valence-corrected chi connectivity index (χ1v) is 17.3. The zero-order valence-corrected chi connectivity index (χ0v) is 29.5. The number of aliphatic imine (C=N–C) groups is 3. The Morgan fingerprint density at radius 2 is 1.98 bits per heavy atom. The fourth-order valence-corrected chi connectivity index (χ4v) is 6.60. The van der Waals surface area contributed by atoms with Crippen LogP contribution in [0.3, 0.4) is 0 Å². The van der Waals surface area contributed by atoms with Gasteiger partial charge in [0, 0.05) is 55.3 Å². The largest absolute Gasteiger partial charge is 0.381 e. The molecule has 0 saturated heterocycles. The van der Waals surface area contributed by atoms with Crippen molar-refractivity contribution in [1.82, 2.24) is 25.2 Å². The Kier molecular flexibility index (Phi) is 10.7. The van der Waals surface area contributed by atoms with Crippen LogP contribution < -0.4 is 16.1 Å². The molecule has 3 heterocycles. The molecule has 1 saturated carbocycles. The molecule has 1 fully saturated rings. The average molecular weight is 664 g/mol. The van der Waals surface area contributed by atoms with Crippen LogP contribution in [-0.4, -0.2) is 78.9 Å². The fraction of sp³-hybridized carbons (Fsp3) is 0.421. The highest BCUT2D eigenvalue weighted by Gasteiger charge is 2.32. The number of benzene rings is 2. The van der Waals surface area contributed by atoms with E-state index in [1.54, 1.807) is 13.2 Å². The number of anilines is 1. The second kappa shape index (κ2) is 15.3. The van der Waals surface area contributed by atoms with Crippen molar-refractivity contribution in [2.45, 2.75) is 59.1 Å². The minimum absolute atomic E-state index is 0.143.